The van der Waals surface area contributed by atoms with Crippen molar-refractivity contribution in [1.82, 2.24) is 4.57 Å². The van der Waals surface area contributed by atoms with Crippen LogP contribution in [0.25, 0.3) is 0 Å². The summed E-state index contributed by atoms with van der Waals surface area (Å²) in [6.07, 6.45) is 3.56. The van der Waals surface area contributed by atoms with E-state index in [1.807, 2.05) is 18.2 Å². The number of hydrogen-bond donors (Lipinski definition) is 1. The number of morpholine rings is 1. The van der Waals surface area contributed by atoms with Gasteiger partial charge in [-0.3, -0.25) is 9.59 Å². The number of anilines is 2. The van der Waals surface area contributed by atoms with Gasteiger partial charge in [-0.25, -0.2) is 0 Å². The lowest BCUT2D eigenvalue weighted by Gasteiger charge is -2.30. The molecule has 1 unspecified atom stereocenters. The van der Waals surface area contributed by atoms with E-state index in [1.165, 1.54) is 16.8 Å². The summed E-state index contributed by atoms with van der Waals surface area (Å²) < 4.78 is 7.22. The first-order valence-electron chi connectivity index (χ1n) is 10.7. The molecular formula is C25H25N3O3. The molecule has 2 aromatic carbocycles. The van der Waals surface area contributed by atoms with E-state index in [4.69, 9.17) is 4.74 Å². The first-order valence-corrected chi connectivity index (χ1v) is 10.7. The maximum Gasteiger partial charge on any atom is 0.263 e. The van der Waals surface area contributed by atoms with Gasteiger partial charge in [-0.2, -0.15) is 0 Å². The van der Waals surface area contributed by atoms with E-state index in [0.29, 0.717) is 5.69 Å². The van der Waals surface area contributed by atoms with Crippen molar-refractivity contribution in [2.24, 2.45) is 0 Å². The maximum absolute atomic E-state index is 13.3. The zero-order chi connectivity index (χ0) is 21.2. The Morgan fingerprint density at radius 3 is 2.58 bits per heavy atom. The van der Waals surface area contributed by atoms with Crippen molar-refractivity contribution in [3.8, 4) is 0 Å². The predicted octanol–water partition coefficient (Wildman–Crippen LogP) is 3.47. The lowest BCUT2D eigenvalue weighted by Crippen LogP contribution is -2.36. The standard InChI is InChI=1S/C25H25N3O3/c29-24(26-18-6-2-1-3-7-18)21-9-5-13-28(25(21)30)23-12-11-20-19(23)8-4-10-22(20)27-14-16-31-17-15-27/h1-10,13,23H,11-12,14-17H2,(H,26,29). The van der Waals surface area contributed by atoms with Crippen LogP contribution in [0.4, 0.5) is 11.4 Å². The number of carbonyl (C=O) groups excluding carboxylic acids is 1. The molecule has 1 atom stereocenters. The van der Waals surface area contributed by atoms with Gasteiger partial charge in [0.15, 0.2) is 0 Å². The summed E-state index contributed by atoms with van der Waals surface area (Å²) in [6.45, 7) is 3.25. The summed E-state index contributed by atoms with van der Waals surface area (Å²) in [5.74, 6) is -0.383. The summed E-state index contributed by atoms with van der Waals surface area (Å²) in [7, 11) is 0. The Kier molecular flexibility index (Phi) is 5.30. The largest absolute Gasteiger partial charge is 0.378 e. The molecule has 6 heteroatoms. The van der Waals surface area contributed by atoms with Crippen molar-refractivity contribution in [2.45, 2.75) is 18.9 Å². The number of benzene rings is 2. The Bertz CT molecular complexity index is 1150. The zero-order valence-corrected chi connectivity index (χ0v) is 17.3. The highest BCUT2D eigenvalue weighted by Crippen LogP contribution is 2.39. The summed E-state index contributed by atoms with van der Waals surface area (Å²) in [5, 5.41) is 2.82. The van der Waals surface area contributed by atoms with Gasteiger partial charge in [0.1, 0.15) is 5.56 Å². The highest BCUT2D eigenvalue weighted by Gasteiger charge is 2.29. The number of nitrogens with one attached hydrogen (secondary N) is 1. The van der Waals surface area contributed by atoms with Crippen LogP contribution in [0.5, 0.6) is 0 Å². The molecule has 0 saturated carbocycles. The number of fused-ring (bicyclic) bond motifs is 1. The van der Waals surface area contributed by atoms with Crippen LogP contribution in [0.1, 0.15) is 33.9 Å². The van der Waals surface area contributed by atoms with Gasteiger partial charge in [-0.1, -0.05) is 30.3 Å². The Morgan fingerprint density at radius 1 is 0.968 bits per heavy atom. The average molecular weight is 415 g/mol. The predicted molar refractivity (Wildman–Crippen MR) is 121 cm³/mol. The van der Waals surface area contributed by atoms with Gasteiger partial charge < -0.3 is 19.5 Å². The minimum Gasteiger partial charge on any atom is -0.378 e. The average Bonchev–Trinajstić information content (AvgIpc) is 3.24. The molecule has 31 heavy (non-hydrogen) atoms. The normalized spacial score (nSPS) is 17.9. The zero-order valence-electron chi connectivity index (χ0n) is 17.3. The van der Waals surface area contributed by atoms with Crippen LogP contribution in [-0.2, 0) is 11.2 Å². The van der Waals surface area contributed by atoms with E-state index in [0.717, 1.165) is 39.1 Å². The van der Waals surface area contributed by atoms with E-state index < -0.39 is 0 Å². The summed E-state index contributed by atoms with van der Waals surface area (Å²) in [5.41, 5.74) is 4.29. The molecule has 6 nitrogen and oxygen atoms in total. The number of rotatable bonds is 4. The van der Waals surface area contributed by atoms with Crippen molar-refractivity contribution in [2.75, 3.05) is 36.5 Å². The molecule has 2 aliphatic rings. The first-order chi connectivity index (χ1) is 15.2. The fraction of sp³-hybridized carbons (Fsp3) is 0.280. The molecule has 1 aliphatic heterocycles. The van der Waals surface area contributed by atoms with Crippen molar-refractivity contribution in [1.29, 1.82) is 0 Å². The number of pyridine rings is 1. The highest BCUT2D eigenvalue weighted by atomic mass is 16.5. The topological polar surface area (TPSA) is 63.6 Å². The smallest absolute Gasteiger partial charge is 0.263 e. The van der Waals surface area contributed by atoms with Crippen LogP contribution in [0, 0.1) is 0 Å². The summed E-state index contributed by atoms with van der Waals surface area (Å²) in [6, 6.07) is 18.8. The van der Waals surface area contributed by atoms with Gasteiger partial charge in [0.2, 0.25) is 0 Å². The molecule has 0 bridgehead atoms. The third kappa shape index (κ3) is 3.75. The number of ether oxygens (including phenoxy) is 1. The molecule has 5 rings (SSSR count). The first kappa shape index (κ1) is 19.6. The molecule has 0 radical (unpaired) electrons. The fourth-order valence-corrected chi connectivity index (χ4v) is 4.65. The van der Waals surface area contributed by atoms with Crippen molar-refractivity contribution < 1.29 is 9.53 Å². The number of amides is 1. The Labute approximate surface area is 181 Å². The van der Waals surface area contributed by atoms with Gasteiger partial charge in [-0.15, -0.1) is 0 Å². The van der Waals surface area contributed by atoms with Crippen LogP contribution in [0.2, 0.25) is 0 Å². The Hall–Kier alpha value is -3.38. The lowest BCUT2D eigenvalue weighted by molar-refractivity contribution is 0.102. The fourth-order valence-electron chi connectivity index (χ4n) is 4.65. The molecule has 1 aliphatic carbocycles. The SMILES string of the molecule is O=C(Nc1ccccc1)c1cccn(C2CCc3c2cccc3N2CCOCC2)c1=O. The molecule has 2 heterocycles. The second-order valence-corrected chi connectivity index (χ2v) is 7.95. The molecule has 158 valence electrons. The van der Waals surface area contributed by atoms with Gasteiger partial charge in [-0.05, 0) is 54.3 Å². The summed E-state index contributed by atoms with van der Waals surface area (Å²) >= 11 is 0. The van der Waals surface area contributed by atoms with E-state index >= 15 is 0 Å². The third-order valence-corrected chi connectivity index (χ3v) is 6.15. The lowest BCUT2D eigenvalue weighted by atomic mass is 10.0. The molecule has 1 amide bonds. The van der Waals surface area contributed by atoms with Gasteiger partial charge in [0.25, 0.3) is 11.5 Å². The minimum absolute atomic E-state index is 0.0621. The van der Waals surface area contributed by atoms with Crippen LogP contribution in [-0.4, -0.2) is 36.8 Å². The Morgan fingerprint density at radius 2 is 1.77 bits per heavy atom. The second kappa shape index (κ2) is 8.40. The minimum atomic E-state index is -0.383. The molecule has 1 aromatic heterocycles. The van der Waals surface area contributed by atoms with E-state index in [-0.39, 0.29) is 23.1 Å². The monoisotopic (exact) mass is 415 g/mol. The van der Waals surface area contributed by atoms with Crippen LogP contribution >= 0.6 is 0 Å². The van der Waals surface area contributed by atoms with Crippen molar-refractivity contribution in [3.63, 3.8) is 0 Å². The van der Waals surface area contributed by atoms with Crippen molar-refractivity contribution in [3.05, 3.63) is 93.9 Å². The number of para-hydroxylation sites is 1. The number of nitrogens with zero attached hydrogens (tertiary/aromatic N) is 2. The number of carbonyl (C=O) groups is 1. The molecular weight excluding hydrogens is 390 g/mol. The summed E-state index contributed by atoms with van der Waals surface area (Å²) in [4.78, 5) is 28.4. The van der Waals surface area contributed by atoms with Crippen LogP contribution < -0.4 is 15.8 Å². The molecule has 0 spiro atoms. The van der Waals surface area contributed by atoms with Crippen LogP contribution in [0.15, 0.2) is 71.7 Å². The molecule has 1 N–H and O–H groups in total. The number of aromatic nitrogens is 1. The van der Waals surface area contributed by atoms with E-state index in [1.54, 1.807) is 35.0 Å². The Balaban J connectivity index is 1.46. The van der Waals surface area contributed by atoms with E-state index in [2.05, 4.69) is 28.4 Å². The molecule has 1 saturated heterocycles. The second-order valence-electron chi connectivity index (χ2n) is 7.95. The molecule has 3 aromatic rings. The van der Waals surface area contributed by atoms with Gasteiger partial charge >= 0.3 is 0 Å². The molecule has 1 fully saturated rings. The van der Waals surface area contributed by atoms with Crippen LogP contribution in [0.3, 0.4) is 0 Å². The van der Waals surface area contributed by atoms with E-state index in [9.17, 15) is 9.59 Å². The number of hydrogen-bond acceptors (Lipinski definition) is 4. The highest BCUT2D eigenvalue weighted by molar-refractivity contribution is 6.03. The van der Waals surface area contributed by atoms with Gasteiger partial charge in [0, 0.05) is 30.7 Å². The quantitative estimate of drug-likeness (QED) is 0.709. The van der Waals surface area contributed by atoms with Crippen molar-refractivity contribution >= 4 is 17.3 Å². The third-order valence-electron chi connectivity index (χ3n) is 6.15. The maximum atomic E-state index is 13.3. The van der Waals surface area contributed by atoms with Gasteiger partial charge in [0.05, 0.1) is 19.3 Å².